The molecule has 0 unspecified atom stereocenters. The first-order valence-electron chi connectivity index (χ1n) is 6.96. The molecule has 2 rings (SSSR count). The van der Waals surface area contributed by atoms with Gasteiger partial charge in [0.1, 0.15) is 5.69 Å². The van der Waals surface area contributed by atoms with Gasteiger partial charge < -0.3 is 4.90 Å². The summed E-state index contributed by atoms with van der Waals surface area (Å²) in [6.07, 6.45) is 3.79. The number of nitro groups is 1. The molecule has 6 heteroatoms. The van der Waals surface area contributed by atoms with Crippen molar-refractivity contribution in [3.8, 4) is 12.1 Å². The normalized spacial score (nSPS) is 13.8. The molecule has 0 atom stereocenters. The van der Waals surface area contributed by atoms with Gasteiger partial charge in [0.25, 0.3) is 5.69 Å². The third-order valence-electron chi connectivity index (χ3n) is 3.84. The smallest absolute Gasteiger partial charge is 0.293 e. The summed E-state index contributed by atoms with van der Waals surface area (Å²) < 4.78 is 0. The summed E-state index contributed by atoms with van der Waals surface area (Å²) >= 11 is 0. The maximum absolute atomic E-state index is 11.2. The first kappa shape index (κ1) is 14.8. The van der Waals surface area contributed by atoms with Crippen molar-refractivity contribution in [2.24, 2.45) is 5.92 Å². The maximum Gasteiger partial charge on any atom is 0.293 e. The molecule has 1 aliphatic carbocycles. The molecule has 0 aromatic heterocycles. The number of anilines is 1. The van der Waals surface area contributed by atoms with Crippen LogP contribution < -0.4 is 4.90 Å². The van der Waals surface area contributed by atoms with E-state index in [0.29, 0.717) is 24.6 Å². The van der Waals surface area contributed by atoms with Crippen molar-refractivity contribution in [2.75, 3.05) is 18.0 Å². The van der Waals surface area contributed by atoms with Gasteiger partial charge in [-0.25, -0.2) is 0 Å². The Morgan fingerprint density at radius 2 is 2.14 bits per heavy atom. The van der Waals surface area contributed by atoms with Crippen LogP contribution in [-0.4, -0.2) is 18.0 Å². The van der Waals surface area contributed by atoms with E-state index in [0.717, 1.165) is 19.4 Å². The monoisotopic (exact) mass is 284 g/mol. The summed E-state index contributed by atoms with van der Waals surface area (Å²) in [6, 6.07) is 8.51. The number of nitriles is 2. The molecule has 1 aromatic rings. The lowest BCUT2D eigenvalue weighted by Gasteiger charge is -2.33. The van der Waals surface area contributed by atoms with E-state index in [1.807, 2.05) is 11.0 Å². The van der Waals surface area contributed by atoms with E-state index in [9.17, 15) is 10.1 Å². The van der Waals surface area contributed by atoms with Crippen molar-refractivity contribution in [1.82, 2.24) is 0 Å². The van der Waals surface area contributed by atoms with Gasteiger partial charge in [0.2, 0.25) is 0 Å². The molecule has 1 aromatic carbocycles. The van der Waals surface area contributed by atoms with Crippen molar-refractivity contribution in [3.05, 3.63) is 33.9 Å². The van der Waals surface area contributed by atoms with E-state index in [1.54, 1.807) is 12.1 Å². The Labute approximate surface area is 123 Å². The zero-order chi connectivity index (χ0) is 15.2. The summed E-state index contributed by atoms with van der Waals surface area (Å²) in [5, 5.41) is 28.9. The van der Waals surface area contributed by atoms with Crippen molar-refractivity contribution in [3.63, 3.8) is 0 Å². The van der Waals surface area contributed by atoms with Crippen molar-refractivity contribution >= 4 is 11.4 Å². The van der Waals surface area contributed by atoms with Crippen LogP contribution in [0.4, 0.5) is 11.4 Å². The number of hydrogen-bond donors (Lipinski definition) is 0. The highest BCUT2D eigenvalue weighted by atomic mass is 16.6. The van der Waals surface area contributed by atoms with Gasteiger partial charge in [-0.05, 0) is 30.9 Å². The lowest BCUT2D eigenvalue weighted by atomic mass is 9.85. The Kier molecular flexibility index (Phi) is 4.73. The quantitative estimate of drug-likeness (QED) is 0.591. The fraction of sp³-hybridized carbons (Fsp3) is 0.467. The zero-order valence-electron chi connectivity index (χ0n) is 11.7. The van der Waals surface area contributed by atoms with Gasteiger partial charge in [-0.1, -0.05) is 6.42 Å². The molecule has 0 aliphatic heterocycles. The average molecular weight is 284 g/mol. The minimum absolute atomic E-state index is 0.0636. The number of nitrogens with zero attached hydrogens (tertiary/aromatic N) is 4. The molecule has 1 fully saturated rings. The molecule has 108 valence electrons. The third kappa shape index (κ3) is 3.49. The molecule has 1 aliphatic rings. The van der Waals surface area contributed by atoms with Crippen LogP contribution in [0.3, 0.4) is 0 Å². The molecular weight excluding hydrogens is 268 g/mol. The summed E-state index contributed by atoms with van der Waals surface area (Å²) in [5.74, 6) is 0.541. The van der Waals surface area contributed by atoms with Gasteiger partial charge in [-0.2, -0.15) is 10.5 Å². The van der Waals surface area contributed by atoms with Crippen LogP contribution in [0.5, 0.6) is 0 Å². The first-order chi connectivity index (χ1) is 10.2. The van der Waals surface area contributed by atoms with Crippen LogP contribution in [0, 0.1) is 38.7 Å². The molecule has 0 heterocycles. The fourth-order valence-electron chi connectivity index (χ4n) is 2.49. The SMILES string of the molecule is N#CCCN(CC1CCC1)c1ccc(C#N)cc1[N+](=O)[O-]. The first-order valence-corrected chi connectivity index (χ1v) is 6.96. The Bertz CT molecular complexity index is 611. The maximum atomic E-state index is 11.2. The molecule has 1 saturated carbocycles. The predicted octanol–water partition coefficient (Wildman–Crippen LogP) is 2.99. The summed E-state index contributed by atoms with van der Waals surface area (Å²) in [5.41, 5.74) is 0.710. The van der Waals surface area contributed by atoms with Crippen molar-refractivity contribution in [1.29, 1.82) is 10.5 Å². The Balaban J connectivity index is 2.30. The van der Waals surface area contributed by atoms with E-state index >= 15 is 0 Å². The molecule has 0 radical (unpaired) electrons. The van der Waals surface area contributed by atoms with Gasteiger partial charge in [-0.3, -0.25) is 10.1 Å². The van der Waals surface area contributed by atoms with Crippen LogP contribution in [0.25, 0.3) is 0 Å². The number of benzene rings is 1. The van der Waals surface area contributed by atoms with Gasteiger partial charge in [0, 0.05) is 19.2 Å². The highest BCUT2D eigenvalue weighted by Gasteiger charge is 2.25. The molecular formula is C15H16N4O2. The number of hydrogen-bond acceptors (Lipinski definition) is 5. The van der Waals surface area contributed by atoms with E-state index in [1.165, 1.54) is 12.5 Å². The fourth-order valence-corrected chi connectivity index (χ4v) is 2.49. The van der Waals surface area contributed by atoms with E-state index in [-0.39, 0.29) is 11.3 Å². The Morgan fingerprint density at radius 3 is 2.67 bits per heavy atom. The Hall–Kier alpha value is -2.60. The van der Waals surface area contributed by atoms with Crippen LogP contribution >= 0.6 is 0 Å². The largest absolute Gasteiger partial charge is 0.365 e. The van der Waals surface area contributed by atoms with Crippen molar-refractivity contribution < 1.29 is 4.92 Å². The van der Waals surface area contributed by atoms with Crippen LogP contribution in [0.15, 0.2) is 18.2 Å². The summed E-state index contributed by atoms with van der Waals surface area (Å²) in [4.78, 5) is 12.7. The topological polar surface area (TPSA) is 94.0 Å². The second-order valence-electron chi connectivity index (χ2n) is 5.22. The highest BCUT2D eigenvalue weighted by Crippen LogP contribution is 2.33. The van der Waals surface area contributed by atoms with Crippen LogP contribution in [-0.2, 0) is 0 Å². The molecule has 0 amide bonds. The minimum Gasteiger partial charge on any atom is -0.365 e. The average Bonchev–Trinajstić information content (AvgIpc) is 2.45. The van der Waals surface area contributed by atoms with Crippen molar-refractivity contribution in [2.45, 2.75) is 25.7 Å². The van der Waals surface area contributed by atoms with Crippen LogP contribution in [0.1, 0.15) is 31.2 Å². The molecule has 0 saturated heterocycles. The van der Waals surface area contributed by atoms with Crippen LogP contribution in [0.2, 0.25) is 0 Å². The van der Waals surface area contributed by atoms with Gasteiger partial charge in [-0.15, -0.1) is 0 Å². The second-order valence-corrected chi connectivity index (χ2v) is 5.22. The van der Waals surface area contributed by atoms with Gasteiger partial charge >= 0.3 is 0 Å². The van der Waals surface area contributed by atoms with Gasteiger partial charge in [0.05, 0.1) is 29.0 Å². The third-order valence-corrected chi connectivity index (χ3v) is 3.84. The lowest BCUT2D eigenvalue weighted by molar-refractivity contribution is -0.384. The predicted molar refractivity (Wildman–Crippen MR) is 77.6 cm³/mol. The lowest BCUT2D eigenvalue weighted by Crippen LogP contribution is -2.33. The second kappa shape index (κ2) is 6.71. The molecule has 0 bridgehead atoms. The summed E-state index contributed by atoms with van der Waals surface area (Å²) in [6.45, 7) is 1.20. The Morgan fingerprint density at radius 1 is 1.38 bits per heavy atom. The van der Waals surface area contributed by atoms with Gasteiger partial charge in [0.15, 0.2) is 0 Å². The minimum atomic E-state index is -0.462. The molecule has 21 heavy (non-hydrogen) atoms. The molecule has 6 nitrogen and oxygen atoms in total. The zero-order valence-corrected chi connectivity index (χ0v) is 11.7. The van der Waals surface area contributed by atoms with E-state index in [4.69, 9.17) is 10.5 Å². The number of nitro benzene ring substituents is 1. The van der Waals surface area contributed by atoms with E-state index in [2.05, 4.69) is 6.07 Å². The molecule has 0 spiro atoms. The number of rotatable bonds is 6. The highest BCUT2D eigenvalue weighted by molar-refractivity contribution is 5.65. The molecule has 0 N–H and O–H groups in total. The standard InChI is InChI=1S/C15H16N4O2/c16-7-2-8-18(11-12-3-1-4-12)14-6-5-13(10-17)9-15(14)19(20)21/h5-6,9,12H,1-4,8,11H2. The van der Waals surface area contributed by atoms with E-state index < -0.39 is 4.92 Å². The summed E-state index contributed by atoms with van der Waals surface area (Å²) in [7, 11) is 0.